The first kappa shape index (κ1) is 24.0. The molecule has 34 heavy (non-hydrogen) atoms. The van der Waals surface area contributed by atoms with Crippen LogP contribution in [0, 0.1) is 6.92 Å². The number of carbonyl (C=O) groups excluding carboxylic acids is 3. The van der Waals surface area contributed by atoms with Crippen LogP contribution in [0.1, 0.15) is 11.1 Å². The second-order valence-corrected chi connectivity index (χ2v) is 10.6. The minimum atomic E-state index is -3.85. The molecule has 1 atom stereocenters. The number of sulfone groups is 1. The van der Waals surface area contributed by atoms with Gasteiger partial charge in [0.2, 0.25) is 5.91 Å². The Hall–Kier alpha value is -3.15. The number of halogens is 1. The second-order valence-electron chi connectivity index (χ2n) is 8.18. The van der Waals surface area contributed by atoms with Crippen molar-refractivity contribution in [1.82, 2.24) is 4.90 Å². The number of urea groups is 1. The molecular formula is C22H23ClN4O6S. The lowest BCUT2D eigenvalue weighted by Crippen LogP contribution is -2.56. The topological polar surface area (TPSA) is 139 Å². The second kappa shape index (κ2) is 8.90. The number of para-hydroxylation sites is 1. The fourth-order valence-electron chi connectivity index (χ4n) is 4.30. The quantitative estimate of drug-likeness (QED) is 0.645. The average Bonchev–Trinajstić information content (AvgIpc) is 3.09. The molecule has 0 aromatic heterocycles. The van der Waals surface area contributed by atoms with E-state index in [0.717, 1.165) is 4.90 Å². The van der Waals surface area contributed by atoms with Crippen LogP contribution in [0.3, 0.4) is 0 Å². The van der Waals surface area contributed by atoms with Crippen LogP contribution >= 0.6 is 11.6 Å². The maximum atomic E-state index is 13.2. The number of amides is 4. The van der Waals surface area contributed by atoms with Crippen molar-refractivity contribution in [2.45, 2.75) is 12.5 Å². The predicted octanol–water partition coefficient (Wildman–Crippen LogP) is 1.61. The van der Waals surface area contributed by atoms with Gasteiger partial charge in [-0.25, -0.2) is 13.2 Å². The minimum Gasteiger partial charge on any atom is -0.370 e. The number of nitrogens with zero attached hydrogens (tertiary/aromatic N) is 2. The lowest BCUT2D eigenvalue weighted by Gasteiger charge is -2.35. The largest absolute Gasteiger partial charge is 0.370 e. The van der Waals surface area contributed by atoms with E-state index < -0.39 is 38.9 Å². The summed E-state index contributed by atoms with van der Waals surface area (Å²) in [5.41, 5.74) is 5.52. The number of ether oxygens (including phenoxy) is 1. The molecule has 2 aliphatic rings. The van der Waals surface area contributed by atoms with Gasteiger partial charge in [0.1, 0.15) is 12.5 Å². The number of aryl methyl sites for hydroxylation is 1. The van der Waals surface area contributed by atoms with E-state index in [1.54, 1.807) is 48.2 Å². The van der Waals surface area contributed by atoms with Crippen LogP contribution in [0.4, 0.5) is 16.2 Å². The lowest BCUT2D eigenvalue weighted by molar-refractivity contribution is -0.127. The molecule has 4 rings (SSSR count). The molecule has 12 heteroatoms. The maximum absolute atomic E-state index is 13.2. The lowest BCUT2D eigenvalue weighted by atomic mass is 9.88. The molecule has 1 unspecified atom stereocenters. The van der Waals surface area contributed by atoms with Gasteiger partial charge in [0.05, 0.1) is 23.1 Å². The molecule has 4 amide bonds. The van der Waals surface area contributed by atoms with Crippen LogP contribution in [0.5, 0.6) is 0 Å². The van der Waals surface area contributed by atoms with Gasteiger partial charge in [-0.2, -0.15) is 0 Å². The molecule has 0 bridgehead atoms. The average molecular weight is 507 g/mol. The zero-order valence-corrected chi connectivity index (χ0v) is 19.9. The van der Waals surface area contributed by atoms with E-state index in [1.807, 2.05) is 0 Å². The smallest absolute Gasteiger partial charge is 0.323 e. The molecule has 0 spiro atoms. The highest BCUT2D eigenvalue weighted by atomic mass is 35.5. The number of benzene rings is 2. The number of morpholine rings is 1. The summed E-state index contributed by atoms with van der Waals surface area (Å²) >= 11 is 6.12. The number of hydrogen-bond acceptors (Lipinski definition) is 6. The summed E-state index contributed by atoms with van der Waals surface area (Å²) in [6.07, 6.45) is 0. The molecule has 0 aliphatic carbocycles. The Kier molecular flexibility index (Phi) is 6.28. The highest BCUT2D eigenvalue weighted by Gasteiger charge is 2.56. The van der Waals surface area contributed by atoms with E-state index in [4.69, 9.17) is 22.1 Å². The van der Waals surface area contributed by atoms with E-state index in [-0.39, 0.29) is 28.8 Å². The molecule has 2 aromatic carbocycles. The number of primary amides is 1. The van der Waals surface area contributed by atoms with Gasteiger partial charge in [0, 0.05) is 12.2 Å². The van der Waals surface area contributed by atoms with Gasteiger partial charge in [-0.1, -0.05) is 35.9 Å². The van der Waals surface area contributed by atoms with E-state index in [9.17, 15) is 22.8 Å². The summed E-state index contributed by atoms with van der Waals surface area (Å²) in [7, 11) is -3.85. The van der Waals surface area contributed by atoms with E-state index in [2.05, 4.69) is 5.32 Å². The Balaban J connectivity index is 1.76. The Labute approximate surface area is 201 Å². The number of anilines is 2. The number of nitrogens with two attached hydrogens (primary N) is 1. The number of carbonyl (C=O) groups is 3. The van der Waals surface area contributed by atoms with Gasteiger partial charge >= 0.3 is 6.03 Å². The standard InChI is InChI=1S/C22H23ClN4O6S/c1-14-10-15(6-7-18(14)26-8-9-33-11-19(26)28)22(20(24)29)12-34(31,32)13-27(22)21(30)25-17-5-3-2-4-16(17)23/h2-7,10H,8-9,11-13H2,1H3,(H2,24,29)(H,25,30). The normalized spacial score (nSPS) is 22.0. The number of hydrogen-bond donors (Lipinski definition) is 2. The van der Waals surface area contributed by atoms with Gasteiger partial charge in [0.15, 0.2) is 15.4 Å². The Morgan fingerprint density at radius 3 is 2.59 bits per heavy atom. The first-order valence-electron chi connectivity index (χ1n) is 10.4. The Morgan fingerprint density at radius 2 is 1.94 bits per heavy atom. The third-order valence-corrected chi connectivity index (χ3v) is 7.77. The highest BCUT2D eigenvalue weighted by Crippen LogP contribution is 2.39. The van der Waals surface area contributed by atoms with E-state index in [1.165, 1.54) is 6.07 Å². The van der Waals surface area contributed by atoms with Gasteiger partial charge in [-0.05, 0) is 36.2 Å². The van der Waals surface area contributed by atoms with Gasteiger partial charge in [0.25, 0.3) is 5.91 Å². The van der Waals surface area contributed by atoms with Crippen molar-refractivity contribution in [3.63, 3.8) is 0 Å². The highest BCUT2D eigenvalue weighted by molar-refractivity contribution is 7.91. The molecule has 2 fully saturated rings. The van der Waals surface area contributed by atoms with Crippen molar-refractivity contribution in [1.29, 1.82) is 0 Å². The van der Waals surface area contributed by atoms with Crippen molar-refractivity contribution in [2.75, 3.05) is 41.6 Å². The van der Waals surface area contributed by atoms with Crippen molar-refractivity contribution in [3.05, 3.63) is 58.6 Å². The molecule has 180 valence electrons. The van der Waals surface area contributed by atoms with Gasteiger partial charge in [-0.15, -0.1) is 0 Å². The van der Waals surface area contributed by atoms with Crippen molar-refractivity contribution < 1.29 is 27.5 Å². The predicted molar refractivity (Wildman–Crippen MR) is 126 cm³/mol. The van der Waals surface area contributed by atoms with Gasteiger partial charge < -0.3 is 20.7 Å². The first-order valence-corrected chi connectivity index (χ1v) is 12.6. The monoisotopic (exact) mass is 506 g/mol. The maximum Gasteiger partial charge on any atom is 0.323 e. The fraction of sp³-hybridized carbons (Fsp3) is 0.318. The summed E-state index contributed by atoms with van der Waals surface area (Å²) in [5.74, 6) is -2.57. The summed E-state index contributed by atoms with van der Waals surface area (Å²) in [6, 6.07) is 10.3. The van der Waals surface area contributed by atoms with Crippen LogP contribution in [-0.2, 0) is 29.7 Å². The molecular weight excluding hydrogens is 484 g/mol. The molecule has 2 aromatic rings. The van der Waals surface area contributed by atoms with Crippen LogP contribution in [0.15, 0.2) is 42.5 Å². The van der Waals surface area contributed by atoms with E-state index in [0.29, 0.717) is 24.4 Å². The molecule has 10 nitrogen and oxygen atoms in total. The Bertz CT molecular complexity index is 1280. The summed E-state index contributed by atoms with van der Waals surface area (Å²) in [4.78, 5) is 40.8. The van der Waals surface area contributed by atoms with Crippen LogP contribution < -0.4 is 16.0 Å². The third-order valence-electron chi connectivity index (χ3n) is 5.93. The number of rotatable bonds is 4. The zero-order valence-electron chi connectivity index (χ0n) is 18.3. The molecule has 2 saturated heterocycles. The molecule has 3 N–H and O–H groups in total. The third kappa shape index (κ3) is 4.22. The summed E-state index contributed by atoms with van der Waals surface area (Å²) in [5, 5.41) is 2.82. The minimum absolute atomic E-state index is 0.0410. The Morgan fingerprint density at radius 1 is 1.21 bits per heavy atom. The first-order chi connectivity index (χ1) is 16.0. The van der Waals surface area contributed by atoms with Crippen LogP contribution in [0.2, 0.25) is 5.02 Å². The molecule has 2 heterocycles. The molecule has 0 saturated carbocycles. The molecule has 2 aliphatic heterocycles. The van der Waals surface area contributed by atoms with Crippen molar-refractivity contribution in [2.24, 2.45) is 5.73 Å². The van der Waals surface area contributed by atoms with Gasteiger partial charge in [-0.3, -0.25) is 14.5 Å². The van der Waals surface area contributed by atoms with E-state index >= 15 is 0 Å². The SMILES string of the molecule is Cc1cc(C2(C(N)=O)CS(=O)(=O)CN2C(=O)Nc2ccccc2Cl)ccc1N1CCOCC1=O. The summed E-state index contributed by atoms with van der Waals surface area (Å²) < 4.78 is 30.5. The molecule has 0 radical (unpaired) electrons. The number of nitrogens with one attached hydrogen (secondary N) is 1. The van der Waals surface area contributed by atoms with Crippen LogP contribution in [0.25, 0.3) is 0 Å². The van der Waals surface area contributed by atoms with Crippen molar-refractivity contribution >= 4 is 50.7 Å². The van der Waals surface area contributed by atoms with Crippen molar-refractivity contribution in [3.8, 4) is 0 Å². The van der Waals surface area contributed by atoms with Crippen LogP contribution in [-0.4, -0.2) is 62.6 Å². The summed E-state index contributed by atoms with van der Waals surface area (Å²) in [6.45, 7) is 2.43. The fourth-order valence-corrected chi connectivity index (χ4v) is 6.41. The zero-order chi connectivity index (χ0) is 24.7.